The van der Waals surface area contributed by atoms with E-state index in [0.717, 1.165) is 19.3 Å². The van der Waals surface area contributed by atoms with E-state index in [1.807, 2.05) is 13.8 Å². The molecule has 0 bridgehead atoms. The molecular formula is C14H24N4O3. The largest absolute Gasteiger partial charge is 0.473 e. The highest BCUT2D eigenvalue weighted by Crippen LogP contribution is 2.36. The molecule has 118 valence electrons. The second-order valence-corrected chi connectivity index (χ2v) is 6.03. The van der Waals surface area contributed by atoms with E-state index >= 15 is 0 Å². The van der Waals surface area contributed by atoms with Crippen molar-refractivity contribution in [3.63, 3.8) is 0 Å². The molecule has 1 fully saturated rings. The van der Waals surface area contributed by atoms with Gasteiger partial charge in [-0.3, -0.25) is 10.1 Å². The minimum atomic E-state index is -0.411. The zero-order valence-corrected chi connectivity index (χ0v) is 12.9. The van der Waals surface area contributed by atoms with Crippen molar-refractivity contribution in [2.75, 3.05) is 13.2 Å². The molecule has 2 rings (SSSR count). The molecule has 7 nitrogen and oxygen atoms in total. The van der Waals surface area contributed by atoms with E-state index in [9.17, 15) is 10.1 Å². The average molecular weight is 296 g/mol. The molecule has 1 saturated carbocycles. The maximum atomic E-state index is 11.2. The second kappa shape index (κ2) is 6.43. The summed E-state index contributed by atoms with van der Waals surface area (Å²) in [6.45, 7) is 6.63. The number of hydrogen-bond acceptors (Lipinski definition) is 5. The highest BCUT2D eigenvalue weighted by Gasteiger charge is 2.31. The lowest BCUT2D eigenvalue weighted by Gasteiger charge is -2.19. The van der Waals surface area contributed by atoms with Crippen LogP contribution in [0, 0.1) is 28.9 Å². The predicted octanol–water partition coefficient (Wildman–Crippen LogP) is 2.43. The molecule has 2 atom stereocenters. The van der Waals surface area contributed by atoms with E-state index in [4.69, 9.17) is 10.5 Å². The van der Waals surface area contributed by atoms with Gasteiger partial charge in [-0.25, -0.2) is 4.68 Å². The Balaban J connectivity index is 2.20. The van der Waals surface area contributed by atoms with E-state index in [1.54, 1.807) is 11.6 Å². The van der Waals surface area contributed by atoms with Crippen LogP contribution in [0.1, 0.15) is 44.8 Å². The molecule has 0 amide bonds. The van der Waals surface area contributed by atoms with Crippen molar-refractivity contribution in [2.24, 2.45) is 17.6 Å². The zero-order valence-electron chi connectivity index (χ0n) is 12.9. The Morgan fingerprint density at radius 3 is 2.71 bits per heavy atom. The third-order valence-electron chi connectivity index (χ3n) is 4.24. The fourth-order valence-electron chi connectivity index (χ4n) is 3.04. The van der Waals surface area contributed by atoms with Crippen LogP contribution in [0.15, 0.2) is 0 Å². The molecule has 1 aliphatic rings. The maximum absolute atomic E-state index is 11.2. The van der Waals surface area contributed by atoms with Crippen LogP contribution in [-0.2, 0) is 0 Å². The van der Waals surface area contributed by atoms with E-state index in [2.05, 4.69) is 5.10 Å². The van der Waals surface area contributed by atoms with Crippen molar-refractivity contribution >= 4 is 5.69 Å². The molecular weight excluding hydrogens is 272 g/mol. The van der Waals surface area contributed by atoms with E-state index in [0.29, 0.717) is 30.7 Å². The quantitative estimate of drug-likeness (QED) is 0.642. The van der Waals surface area contributed by atoms with E-state index < -0.39 is 4.92 Å². The lowest BCUT2D eigenvalue weighted by Crippen LogP contribution is -2.24. The molecule has 0 aromatic carbocycles. The molecule has 1 aromatic heterocycles. The predicted molar refractivity (Wildman–Crippen MR) is 79.4 cm³/mol. The van der Waals surface area contributed by atoms with Crippen LogP contribution in [0.5, 0.6) is 5.88 Å². The summed E-state index contributed by atoms with van der Waals surface area (Å²) in [5.74, 6) is 1.11. The average Bonchev–Trinajstić information content (AvgIpc) is 2.99. The second-order valence-electron chi connectivity index (χ2n) is 6.03. The molecule has 2 unspecified atom stereocenters. The van der Waals surface area contributed by atoms with E-state index in [-0.39, 0.29) is 17.6 Å². The first-order chi connectivity index (χ1) is 9.95. The number of hydrogen-bond donors (Lipinski definition) is 1. The number of rotatable bonds is 6. The maximum Gasteiger partial charge on any atom is 0.353 e. The molecule has 7 heteroatoms. The van der Waals surface area contributed by atoms with Crippen molar-refractivity contribution in [2.45, 2.75) is 46.1 Å². The molecule has 0 spiro atoms. The summed E-state index contributed by atoms with van der Waals surface area (Å²) in [6, 6.07) is 0.0151. The van der Waals surface area contributed by atoms with Gasteiger partial charge in [0.05, 0.1) is 17.6 Å². The van der Waals surface area contributed by atoms with E-state index in [1.165, 1.54) is 0 Å². The molecule has 2 N–H and O–H groups in total. The Hall–Kier alpha value is -1.63. The van der Waals surface area contributed by atoms with Crippen molar-refractivity contribution in [1.82, 2.24) is 9.78 Å². The topological polar surface area (TPSA) is 96.2 Å². The Kier molecular flexibility index (Phi) is 4.82. The normalized spacial score (nSPS) is 22.0. The number of aromatic nitrogens is 2. The van der Waals surface area contributed by atoms with Gasteiger partial charge in [0.15, 0.2) is 0 Å². The molecule has 1 aliphatic carbocycles. The van der Waals surface area contributed by atoms with Crippen molar-refractivity contribution < 1.29 is 9.66 Å². The summed E-state index contributed by atoms with van der Waals surface area (Å²) in [5.41, 5.74) is 6.14. The van der Waals surface area contributed by atoms with Crippen LogP contribution in [-0.4, -0.2) is 27.9 Å². The zero-order chi connectivity index (χ0) is 15.6. The fourth-order valence-corrected chi connectivity index (χ4v) is 3.04. The Morgan fingerprint density at radius 1 is 1.48 bits per heavy atom. The first-order valence-corrected chi connectivity index (χ1v) is 7.52. The van der Waals surface area contributed by atoms with Crippen LogP contribution < -0.4 is 10.5 Å². The number of ether oxygens (including phenoxy) is 1. The van der Waals surface area contributed by atoms with Gasteiger partial charge in [0.2, 0.25) is 0 Å². The summed E-state index contributed by atoms with van der Waals surface area (Å²) >= 11 is 0. The third kappa shape index (κ3) is 3.18. The van der Waals surface area contributed by atoms with Gasteiger partial charge >= 0.3 is 5.69 Å². The molecule has 0 aliphatic heterocycles. The van der Waals surface area contributed by atoms with Gasteiger partial charge in [0.1, 0.15) is 5.69 Å². The summed E-state index contributed by atoms with van der Waals surface area (Å²) in [4.78, 5) is 10.8. The van der Waals surface area contributed by atoms with Gasteiger partial charge in [0, 0.05) is 0 Å². The molecule has 1 heterocycles. The van der Waals surface area contributed by atoms with Gasteiger partial charge in [-0.2, -0.15) is 5.10 Å². The lowest BCUT2D eigenvalue weighted by atomic mass is 9.97. The van der Waals surface area contributed by atoms with Gasteiger partial charge < -0.3 is 10.5 Å². The summed E-state index contributed by atoms with van der Waals surface area (Å²) in [7, 11) is 0. The smallest absolute Gasteiger partial charge is 0.353 e. The van der Waals surface area contributed by atoms with Crippen molar-refractivity contribution in [3.8, 4) is 5.88 Å². The summed E-state index contributed by atoms with van der Waals surface area (Å²) < 4.78 is 7.43. The lowest BCUT2D eigenvalue weighted by molar-refractivity contribution is -0.386. The van der Waals surface area contributed by atoms with Crippen molar-refractivity contribution in [1.29, 1.82) is 0 Å². The number of nitrogens with two attached hydrogens (primary N) is 1. The van der Waals surface area contributed by atoms with Crippen LogP contribution in [0.2, 0.25) is 0 Å². The first kappa shape index (κ1) is 15.8. The Bertz CT molecular complexity index is 513. The monoisotopic (exact) mass is 296 g/mol. The minimum absolute atomic E-state index is 0.0151. The highest BCUT2D eigenvalue weighted by molar-refractivity contribution is 5.46. The standard InChI is InChI=1S/C14H24N4O3/c1-9(2)17-14(13(18(19)20)10(3)16-17)21-8-12-6-4-5-11(12)7-15/h9,11-12H,4-8,15H2,1-3H3. The number of nitro groups is 1. The van der Waals surface area contributed by atoms with Crippen LogP contribution in [0.3, 0.4) is 0 Å². The summed E-state index contributed by atoms with van der Waals surface area (Å²) in [6.07, 6.45) is 3.35. The van der Waals surface area contributed by atoms with Crippen LogP contribution in [0.25, 0.3) is 0 Å². The molecule has 1 aromatic rings. The van der Waals surface area contributed by atoms with Gasteiger partial charge in [-0.1, -0.05) is 6.42 Å². The highest BCUT2D eigenvalue weighted by atomic mass is 16.6. The minimum Gasteiger partial charge on any atom is -0.473 e. The van der Waals surface area contributed by atoms with Gasteiger partial charge in [-0.05, 0) is 52.0 Å². The SMILES string of the molecule is Cc1nn(C(C)C)c(OCC2CCCC2CN)c1[N+](=O)[O-]. The molecule has 0 radical (unpaired) electrons. The fraction of sp³-hybridized carbons (Fsp3) is 0.786. The third-order valence-corrected chi connectivity index (χ3v) is 4.24. The van der Waals surface area contributed by atoms with Crippen LogP contribution in [0.4, 0.5) is 5.69 Å². The van der Waals surface area contributed by atoms with Gasteiger partial charge in [0.25, 0.3) is 5.88 Å². The van der Waals surface area contributed by atoms with Crippen molar-refractivity contribution in [3.05, 3.63) is 15.8 Å². The van der Waals surface area contributed by atoms with Crippen LogP contribution >= 0.6 is 0 Å². The van der Waals surface area contributed by atoms with Gasteiger partial charge in [-0.15, -0.1) is 0 Å². The number of nitrogens with zero attached hydrogens (tertiary/aromatic N) is 3. The molecule has 21 heavy (non-hydrogen) atoms. The molecule has 0 saturated heterocycles. The summed E-state index contributed by atoms with van der Waals surface area (Å²) in [5, 5.41) is 15.5. The Labute approximate surface area is 124 Å². The number of aryl methyl sites for hydroxylation is 1. The first-order valence-electron chi connectivity index (χ1n) is 7.52. The Morgan fingerprint density at radius 2 is 2.14 bits per heavy atom.